The van der Waals surface area contributed by atoms with Crippen LogP contribution in [0.15, 0.2) is 24.5 Å². The zero-order valence-electron chi connectivity index (χ0n) is 11.6. The number of nitrogens with zero attached hydrogens (tertiary/aromatic N) is 2. The molecular formula is C15H19N3O. The van der Waals surface area contributed by atoms with Crippen molar-refractivity contribution in [1.29, 1.82) is 0 Å². The van der Waals surface area contributed by atoms with Crippen molar-refractivity contribution in [2.45, 2.75) is 33.6 Å². The zero-order valence-corrected chi connectivity index (χ0v) is 11.6. The molecule has 0 radical (unpaired) electrons. The van der Waals surface area contributed by atoms with Crippen LogP contribution < -0.4 is 10.5 Å². The van der Waals surface area contributed by atoms with Crippen LogP contribution in [0, 0.1) is 13.8 Å². The molecule has 0 fully saturated rings. The molecule has 1 aromatic carbocycles. The fourth-order valence-electron chi connectivity index (χ4n) is 2.09. The third kappa shape index (κ3) is 3.22. The maximum absolute atomic E-state index is 5.89. The molecule has 2 N–H and O–H groups in total. The third-order valence-corrected chi connectivity index (χ3v) is 2.85. The molecule has 2 rings (SSSR count). The second kappa shape index (κ2) is 5.69. The first-order valence-electron chi connectivity index (χ1n) is 6.45. The number of aryl methyl sites for hydroxylation is 2. The van der Waals surface area contributed by atoms with E-state index in [1.807, 2.05) is 26.0 Å². The van der Waals surface area contributed by atoms with Crippen LogP contribution in [0.4, 0.5) is 5.82 Å². The Kier molecular flexibility index (Phi) is 4.00. The van der Waals surface area contributed by atoms with E-state index in [9.17, 15) is 0 Å². The van der Waals surface area contributed by atoms with E-state index in [1.54, 1.807) is 0 Å². The third-order valence-electron chi connectivity index (χ3n) is 2.85. The summed E-state index contributed by atoms with van der Waals surface area (Å²) in [6, 6.07) is 6.08. The summed E-state index contributed by atoms with van der Waals surface area (Å²) >= 11 is 0. The Balaban J connectivity index is 2.34. The molecule has 0 atom stereocenters. The Hall–Kier alpha value is -2.10. The number of rotatable bonds is 4. The second-order valence-corrected chi connectivity index (χ2v) is 4.72. The maximum atomic E-state index is 5.89. The number of aromatic nitrogens is 2. The molecule has 1 heterocycles. The molecule has 0 saturated heterocycles. The van der Waals surface area contributed by atoms with Gasteiger partial charge in [-0.25, -0.2) is 9.97 Å². The van der Waals surface area contributed by atoms with Gasteiger partial charge in [-0.2, -0.15) is 0 Å². The van der Waals surface area contributed by atoms with Gasteiger partial charge in [-0.1, -0.05) is 19.4 Å². The molecule has 0 aliphatic carbocycles. The summed E-state index contributed by atoms with van der Waals surface area (Å²) in [5.74, 6) is 1.84. The normalized spacial score (nSPS) is 10.5. The van der Waals surface area contributed by atoms with Crippen LogP contribution in [0.1, 0.15) is 30.0 Å². The van der Waals surface area contributed by atoms with E-state index in [2.05, 4.69) is 23.0 Å². The van der Waals surface area contributed by atoms with E-state index in [-0.39, 0.29) is 0 Å². The molecule has 2 aromatic rings. The highest BCUT2D eigenvalue weighted by molar-refractivity contribution is 5.46. The Morgan fingerprint density at radius 2 is 1.79 bits per heavy atom. The van der Waals surface area contributed by atoms with E-state index < -0.39 is 0 Å². The van der Waals surface area contributed by atoms with Gasteiger partial charge in [0.25, 0.3) is 0 Å². The average molecular weight is 257 g/mol. The van der Waals surface area contributed by atoms with Gasteiger partial charge < -0.3 is 10.5 Å². The number of hydrogen-bond acceptors (Lipinski definition) is 4. The molecule has 0 aliphatic heterocycles. The van der Waals surface area contributed by atoms with Gasteiger partial charge in [-0.05, 0) is 43.5 Å². The highest BCUT2D eigenvalue weighted by atomic mass is 16.5. The van der Waals surface area contributed by atoms with E-state index in [4.69, 9.17) is 10.5 Å². The number of ether oxygens (including phenoxy) is 1. The summed E-state index contributed by atoms with van der Waals surface area (Å²) in [4.78, 5) is 8.22. The lowest BCUT2D eigenvalue weighted by Gasteiger charge is -2.11. The number of anilines is 1. The molecular weight excluding hydrogens is 238 g/mol. The summed E-state index contributed by atoms with van der Waals surface area (Å²) in [7, 11) is 0. The van der Waals surface area contributed by atoms with Crippen LogP contribution >= 0.6 is 0 Å². The largest absolute Gasteiger partial charge is 0.439 e. The molecule has 0 saturated carbocycles. The van der Waals surface area contributed by atoms with Gasteiger partial charge >= 0.3 is 0 Å². The van der Waals surface area contributed by atoms with Crippen molar-refractivity contribution in [1.82, 2.24) is 9.97 Å². The summed E-state index contributed by atoms with van der Waals surface area (Å²) in [6.07, 6.45) is 3.22. The Labute approximate surface area is 113 Å². The highest BCUT2D eigenvalue weighted by Crippen LogP contribution is 2.27. The molecule has 0 spiro atoms. The lowest BCUT2D eigenvalue weighted by Crippen LogP contribution is -2.02. The standard InChI is InChI=1S/C15H19N3O/c1-4-5-13-14(16)17-9-18-15(13)19-12-7-10(2)6-11(3)8-12/h6-9H,4-5H2,1-3H3,(H2,16,17,18). The first-order chi connectivity index (χ1) is 9.10. The van der Waals surface area contributed by atoms with Gasteiger partial charge in [0, 0.05) is 0 Å². The molecule has 0 unspecified atom stereocenters. The van der Waals surface area contributed by atoms with Gasteiger partial charge in [0.1, 0.15) is 17.9 Å². The Morgan fingerprint density at radius 1 is 1.11 bits per heavy atom. The van der Waals surface area contributed by atoms with Gasteiger partial charge in [0.2, 0.25) is 5.88 Å². The number of hydrogen-bond donors (Lipinski definition) is 1. The average Bonchev–Trinajstić information content (AvgIpc) is 2.32. The van der Waals surface area contributed by atoms with Crippen molar-refractivity contribution in [3.8, 4) is 11.6 Å². The minimum Gasteiger partial charge on any atom is -0.439 e. The summed E-state index contributed by atoms with van der Waals surface area (Å²) < 4.78 is 5.87. The molecule has 100 valence electrons. The van der Waals surface area contributed by atoms with Crippen LogP contribution in [0.25, 0.3) is 0 Å². The quantitative estimate of drug-likeness (QED) is 0.911. The van der Waals surface area contributed by atoms with Crippen LogP contribution in [0.3, 0.4) is 0 Å². The number of nitrogens with two attached hydrogens (primary N) is 1. The van der Waals surface area contributed by atoms with Crippen molar-refractivity contribution in [2.24, 2.45) is 0 Å². The second-order valence-electron chi connectivity index (χ2n) is 4.72. The van der Waals surface area contributed by atoms with Crippen molar-refractivity contribution in [2.75, 3.05) is 5.73 Å². The molecule has 4 heteroatoms. The topological polar surface area (TPSA) is 61.0 Å². The molecule has 4 nitrogen and oxygen atoms in total. The predicted octanol–water partition coefficient (Wildman–Crippen LogP) is 3.42. The van der Waals surface area contributed by atoms with E-state index in [0.717, 1.165) is 35.3 Å². The van der Waals surface area contributed by atoms with Crippen LogP contribution in [0.5, 0.6) is 11.6 Å². The molecule has 0 bridgehead atoms. The number of nitrogen functional groups attached to an aromatic ring is 1. The van der Waals surface area contributed by atoms with Crippen molar-refractivity contribution < 1.29 is 4.74 Å². The van der Waals surface area contributed by atoms with E-state index in [0.29, 0.717) is 11.7 Å². The van der Waals surface area contributed by atoms with Crippen molar-refractivity contribution in [3.63, 3.8) is 0 Å². The minimum atomic E-state index is 0.497. The van der Waals surface area contributed by atoms with Crippen LogP contribution in [0.2, 0.25) is 0 Å². The predicted molar refractivity (Wildman–Crippen MR) is 76.4 cm³/mol. The summed E-state index contributed by atoms with van der Waals surface area (Å²) in [5, 5.41) is 0. The first kappa shape index (κ1) is 13.3. The summed E-state index contributed by atoms with van der Waals surface area (Å²) in [6.45, 7) is 6.18. The lowest BCUT2D eigenvalue weighted by atomic mass is 10.1. The molecule has 0 amide bonds. The smallest absolute Gasteiger partial charge is 0.227 e. The Morgan fingerprint density at radius 3 is 2.42 bits per heavy atom. The number of benzene rings is 1. The SMILES string of the molecule is CCCc1c(N)ncnc1Oc1cc(C)cc(C)c1. The molecule has 1 aromatic heterocycles. The van der Waals surface area contributed by atoms with Gasteiger partial charge in [0.05, 0.1) is 5.56 Å². The zero-order chi connectivity index (χ0) is 13.8. The fraction of sp³-hybridized carbons (Fsp3) is 0.333. The van der Waals surface area contributed by atoms with Crippen molar-refractivity contribution >= 4 is 5.82 Å². The van der Waals surface area contributed by atoms with Crippen LogP contribution in [-0.4, -0.2) is 9.97 Å². The van der Waals surface area contributed by atoms with Gasteiger partial charge in [-0.3, -0.25) is 0 Å². The van der Waals surface area contributed by atoms with E-state index in [1.165, 1.54) is 6.33 Å². The lowest BCUT2D eigenvalue weighted by molar-refractivity contribution is 0.454. The van der Waals surface area contributed by atoms with E-state index >= 15 is 0 Å². The minimum absolute atomic E-state index is 0.497. The maximum Gasteiger partial charge on any atom is 0.227 e. The van der Waals surface area contributed by atoms with Gasteiger partial charge in [-0.15, -0.1) is 0 Å². The van der Waals surface area contributed by atoms with Crippen molar-refractivity contribution in [3.05, 3.63) is 41.2 Å². The first-order valence-corrected chi connectivity index (χ1v) is 6.45. The summed E-state index contributed by atoms with van der Waals surface area (Å²) in [5.41, 5.74) is 9.09. The van der Waals surface area contributed by atoms with Crippen LogP contribution in [-0.2, 0) is 6.42 Å². The Bertz CT molecular complexity index is 561. The molecule has 0 aliphatic rings. The highest BCUT2D eigenvalue weighted by Gasteiger charge is 2.11. The fourth-order valence-corrected chi connectivity index (χ4v) is 2.09. The molecule has 19 heavy (non-hydrogen) atoms. The monoisotopic (exact) mass is 257 g/mol. The van der Waals surface area contributed by atoms with Gasteiger partial charge in [0.15, 0.2) is 0 Å².